The monoisotopic (exact) mass is 200 g/mol. The molecule has 14 heavy (non-hydrogen) atoms. The van der Waals surface area contributed by atoms with Crippen molar-refractivity contribution in [3.63, 3.8) is 0 Å². The van der Waals surface area contributed by atoms with Crippen molar-refractivity contribution in [2.24, 2.45) is 0 Å². The lowest BCUT2D eigenvalue weighted by atomic mass is 10.1. The number of hydrogen-bond donors (Lipinski definition) is 3. The van der Waals surface area contributed by atoms with Gasteiger partial charge >= 0.3 is 0 Å². The molecule has 4 heteroatoms. The van der Waals surface area contributed by atoms with Crippen molar-refractivity contribution in [2.75, 3.05) is 6.54 Å². The van der Waals surface area contributed by atoms with Gasteiger partial charge in [-0.15, -0.1) is 0 Å². The van der Waals surface area contributed by atoms with Gasteiger partial charge in [-0.25, -0.2) is 0 Å². The molecule has 4 nitrogen and oxygen atoms in total. The summed E-state index contributed by atoms with van der Waals surface area (Å²) in [6.45, 7) is 4.65. The molecule has 0 bridgehead atoms. The number of β-amino-alcohol motifs (C(OH)–C–C–N with tert-alkyl or cyclic N) is 1. The number of hydrogen-bond acceptors (Lipinski definition) is 3. The van der Waals surface area contributed by atoms with E-state index in [-0.39, 0.29) is 24.1 Å². The lowest BCUT2D eigenvalue weighted by Crippen LogP contribution is -2.44. The Morgan fingerprint density at radius 2 is 2.21 bits per heavy atom. The van der Waals surface area contributed by atoms with E-state index in [0.29, 0.717) is 13.0 Å². The summed E-state index contributed by atoms with van der Waals surface area (Å²) in [5.41, 5.74) is 0. The number of amides is 1. The first-order valence-electron chi connectivity index (χ1n) is 5.39. The minimum absolute atomic E-state index is 0.0234. The van der Waals surface area contributed by atoms with Crippen LogP contribution in [0, 0.1) is 0 Å². The van der Waals surface area contributed by atoms with Crippen LogP contribution in [0.2, 0.25) is 0 Å². The number of nitrogens with one attached hydrogen (secondary N) is 2. The Morgan fingerprint density at radius 1 is 1.57 bits per heavy atom. The van der Waals surface area contributed by atoms with Gasteiger partial charge in [0.15, 0.2) is 0 Å². The van der Waals surface area contributed by atoms with Crippen molar-refractivity contribution in [3.8, 4) is 0 Å². The Morgan fingerprint density at radius 3 is 2.64 bits per heavy atom. The second-order valence-electron chi connectivity index (χ2n) is 3.87. The highest BCUT2D eigenvalue weighted by atomic mass is 16.3. The zero-order chi connectivity index (χ0) is 10.6. The minimum Gasteiger partial charge on any atom is -0.392 e. The average molecular weight is 200 g/mol. The Balaban J connectivity index is 2.34. The fourth-order valence-electron chi connectivity index (χ4n) is 1.71. The van der Waals surface area contributed by atoms with E-state index < -0.39 is 0 Å². The largest absolute Gasteiger partial charge is 0.392 e. The van der Waals surface area contributed by atoms with Crippen LogP contribution < -0.4 is 10.6 Å². The molecule has 0 aromatic carbocycles. The summed E-state index contributed by atoms with van der Waals surface area (Å²) < 4.78 is 0. The summed E-state index contributed by atoms with van der Waals surface area (Å²) >= 11 is 0. The number of carbonyl (C=O) groups is 1. The Labute approximate surface area is 85.1 Å². The standard InChI is InChI=1S/C10H20N2O2/c1-3-7(4-2)12-10(14)9-5-8(13)6-11-9/h7-9,11,13H,3-6H2,1-2H3,(H,12,14). The molecule has 0 aromatic heterocycles. The lowest BCUT2D eigenvalue weighted by molar-refractivity contribution is -0.123. The van der Waals surface area contributed by atoms with E-state index in [2.05, 4.69) is 24.5 Å². The molecule has 1 aliphatic heterocycles. The molecule has 2 atom stereocenters. The molecule has 0 aliphatic carbocycles. The van der Waals surface area contributed by atoms with Crippen molar-refractivity contribution in [3.05, 3.63) is 0 Å². The molecular weight excluding hydrogens is 180 g/mol. The van der Waals surface area contributed by atoms with E-state index in [1.165, 1.54) is 0 Å². The molecule has 0 saturated carbocycles. The van der Waals surface area contributed by atoms with Crippen LogP contribution in [-0.2, 0) is 4.79 Å². The van der Waals surface area contributed by atoms with Gasteiger partial charge in [-0.1, -0.05) is 13.8 Å². The first kappa shape index (κ1) is 11.5. The third-order valence-electron chi connectivity index (χ3n) is 2.76. The van der Waals surface area contributed by atoms with Crippen molar-refractivity contribution in [2.45, 2.75) is 51.3 Å². The molecule has 2 unspecified atom stereocenters. The van der Waals surface area contributed by atoms with Crippen molar-refractivity contribution >= 4 is 5.91 Å². The fraction of sp³-hybridized carbons (Fsp3) is 0.900. The van der Waals surface area contributed by atoms with Crippen molar-refractivity contribution in [1.29, 1.82) is 0 Å². The van der Waals surface area contributed by atoms with Crippen LogP contribution in [0.1, 0.15) is 33.1 Å². The van der Waals surface area contributed by atoms with Gasteiger partial charge in [0.1, 0.15) is 0 Å². The molecular formula is C10H20N2O2. The van der Waals surface area contributed by atoms with E-state index in [0.717, 1.165) is 12.8 Å². The van der Waals surface area contributed by atoms with Crippen LogP contribution in [0.3, 0.4) is 0 Å². The smallest absolute Gasteiger partial charge is 0.237 e. The molecule has 1 rings (SSSR count). The second-order valence-corrected chi connectivity index (χ2v) is 3.87. The first-order valence-corrected chi connectivity index (χ1v) is 5.39. The highest BCUT2D eigenvalue weighted by molar-refractivity contribution is 5.82. The maximum absolute atomic E-state index is 11.6. The lowest BCUT2D eigenvalue weighted by Gasteiger charge is -2.17. The average Bonchev–Trinajstić information content (AvgIpc) is 2.61. The Bertz CT molecular complexity index is 193. The summed E-state index contributed by atoms with van der Waals surface area (Å²) in [6, 6.07) is 0.0626. The molecule has 1 aliphatic rings. The van der Waals surface area contributed by atoms with E-state index >= 15 is 0 Å². The first-order chi connectivity index (χ1) is 6.67. The van der Waals surface area contributed by atoms with Gasteiger partial charge in [-0.3, -0.25) is 4.79 Å². The highest BCUT2D eigenvalue weighted by Gasteiger charge is 2.28. The molecule has 1 amide bonds. The van der Waals surface area contributed by atoms with E-state index in [4.69, 9.17) is 0 Å². The summed E-state index contributed by atoms with van der Waals surface area (Å²) in [5, 5.41) is 15.2. The van der Waals surface area contributed by atoms with Crippen molar-refractivity contribution in [1.82, 2.24) is 10.6 Å². The molecule has 1 saturated heterocycles. The van der Waals surface area contributed by atoms with Gasteiger partial charge in [0.2, 0.25) is 5.91 Å². The number of carbonyl (C=O) groups excluding carboxylic acids is 1. The summed E-state index contributed by atoms with van der Waals surface area (Å²) in [6.07, 6.45) is 2.08. The van der Waals surface area contributed by atoms with Crippen LogP contribution in [-0.4, -0.2) is 35.7 Å². The number of aliphatic hydroxyl groups is 1. The van der Waals surface area contributed by atoms with Crippen LogP contribution in [0.25, 0.3) is 0 Å². The minimum atomic E-state index is -0.368. The van der Waals surface area contributed by atoms with Gasteiger partial charge < -0.3 is 15.7 Å². The van der Waals surface area contributed by atoms with Crippen LogP contribution >= 0.6 is 0 Å². The normalized spacial score (nSPS) is 26.9. The molecule has 1 fully saturated rings. The van der Waals surface area contributed by atoms with E-state index in [1.54, 1.807) is 0 Å². The topological polar surface area (TPSA) is 61.4 Å². The van der Waals surface area contributed by atoms with Gasteiger partial charge in [-0.2, -0.15) is 0 Å². The fourth-order valence-corrected chi connectivity index (χ4v) is 1.71. The SMILES string of the molecule is CCC(CC)NC(=O)C1CC(O)CN1. The summed E-state index contributed by atoms with van der Waals surface area (Å²) in [5.74, 6) is 0.0234. The number of aliphatic hydroxyl groups excluding tert-OH is 1. The molecule has 3 N–H and O–H groups in total. The molecule has 0 aromatic rings. The molecule has 0 spiro atoms. The zero-order valence-corrected chi connectivity index (χ0v) is 8.92. The summed E-state index contributed by atoms with van der Waals surface area (Å²) in [7, 11) is 0. The zero-order valence-electron chi connectivity index (χ0n) is 8.92. The van der Waals surface area contributed by atoms with Gasteiger partial charge in [-0.05, 0) is 19.3 Å². The van der Waals surface area contributed by atoms with Gasteiger partial charge in [0.25, 0.3) is 0 Å². The molecule has 1 heterocycles. The molecule has 0 radical (unpaired) electrons. The van der Waals surface area contributed by atoms with Crippen molar-refractivity contribution < 1.29 is 9.90 Å². The van der Waals surface area contributed by atoms with E-state index in [1.807, 2.05) is 0 Å². The van der Waals surface area contributed by atoms with Gasteiger partial charge in [0.05, 0.1) is 12.1 Å². The number of rotatable bonds is 4. The van der Waals surface area contributed by atoms with Crippen LogP contribution in [0.4, 0.5) is 0 Å². The van der Waals surface area contributed by atoms with E-state index in [9.17, 15) is 9.90 Å². The summed E-state index contributed by atoms with van der Waals surface area (Å²) in [4.78, 5) is 11.6. The highest BCUT2D eigenvalue weighted by Crippen LogP contribution is 2.07. The predicted octanol–water partition coefficient (Wildman–Crippen LogP) is 0.0140. The third kappa shape index (κ3) is 2.96. The second kappa shape index (κ2) is 5.32. The predicted molar refractivity (Wildman–Crippen MR) is 54.9 cm³/mol. The maximum Gasteiger partial charge on any atom is 0.237 e. The van der Waals surface area contributed by atoms with Gasteiger partial charge in [0, 0.05) is 12.6 Å². The maximum atomic E-state index is 11.6. The van der Waals surface area contributed by atoms with Crippen LogP contribution in [0.15, 0.2) is 0 Å². The Kier molecular flexibility index (Phi) is 4.35. The quantitative estimate of drug-likeness (QED) is 0.599. The third-order valence-corrected chi connectivity index (χ3v) is 2.76. The van der Waals surface area contributed by atoms with Crippen LogP contribution in [0.5, 0.6) is 0 Å². The molecule has 82 valence electrons. The Hall–Kier alpha value is -0.610.